The van der Waals surface area contributed by atoms with Gasteiger partial charge in [-0.3, -0.25) is 0 Å². The monoisotopic (exact) mass is 321 g/mol. The lowest BCUT2D eigenvalue weighted by atomic mass is 9.92. The van der Waals surface area contributed by atoms with Crippen molar-refractivity contribution in [3.63, 3.8) is 0 Å². The van der Waals surface area contributed by atoms with E-state index in [2.05, 4.69) is 35.6 Å². The predicted octanol–water partition coefficient (Wildman–Crippen LogP) is 4.60. The Morgan fingerprint density at radius 1 is 0.958 bits per heavy atom. The maximum Gasteiger partial charge on any atom is 0.122 e. The van der Waals surface area contributed by atoms with Gasteiger partial charge in [-0.1, -0.05) is 48.5 Å². The van der Waals surface area contributed by atoms with E-state index >= 15 is 0 Å². The molecule has 2 aromatic carbocycles. The largest absolute Gasteiger partial charge is 0.496 e. The van der Waals surface area contributed by atoms with Crippen molar-refractivity contribution >= 4 is 0 Å². The molecule has 0 unspecified atom stereocenters. The molecule has 1 atom stereocenters. The van der Waals surface area contributed by atoms with Crippen molar-refractivity contribution in [2.75, 3.05) is 13.7 Å². The highest BCUT2D eigenvalue weighted by atomic mass is 16.5. The zero-order valence-electron chi connectivity index (χ0n) is 13.9. The summed E-state index contributed by atoms with van der Waals surface area (Å²) in [6.45, 7) is 1.77. The molecule has 0 aliphatic carbocycles. The van der Waals surface area contributed by atoms with E-state index in [9.17, 15) is 0 Å². The Morgan fingerprint density at radius 2 is 1.75 bits per heavy atom. The number of ether oxygens (including phenoxy) is 1. The third-order valence-electron chi connectivity index (χ3n) is 4.18. The topological polar surface area (TPSA) is 34.4 Å². The molecule has 3 aromatic rings. The number of nitrogens with one attached hydrogen (secondary N) is 1. The number of benzene rings is 2. The summed E-state index contributed by atoms with van der Waals surface area (Å²) in [6.07, 6.45) is 2.68. The molecule has 3 rings (SSSR count). The number of para-hydroxylation sites is 1. The van der Waals surface area contributed by atoms with Crippen LogP contribution >= 0.6 is 0 Å². The molecule has 1 N–H and O–H groups in total. The fourth-order valence-corrected chi connectivity index (χ4v) is 2.97. The van der Waals surface area contributed by atoms with Gasteiger partial charge in [-0.05, 0) is 36.7 Å². The summed E-state index contributed by atoms with van der Waals surface area (Å²) in [6, 6.07) is 22.6. The molecule has 0 aliphatic rings. The number of hydrogen-bond acceptors (Lipinski definition) is 3. The molecule has 0 spiro atoms. The van der Waals surface area contributed by atoms with Gasteiger partial charge in [0.1, 0.15) is 11.5 Å². The average molecular weight is 321 g/mol. The molecule has 3 heteroatoms. The van der Waals surface area contributed by atoms with Gasteiger partial charge in [0.2, 0.25) is 0 Å². The Bertz CT molecular complexity index is 723. The van der Waals surface area contributed by atoms with E-state index < -0.39 is 0 Å². The van der Waals surface area contributed by atoms with E-state index in [-0.39, 0.29) is 5.92 Å². The van der Waals surface area contributed by atoms with Crippen LogP contribution < -0.4 is 10.1 Å². The summed E-state index contributed by atoms with van der Waals surface area (Å²) < 4.78 is 11.2. The van der Waals surface area contributed by atoms with E-state index in [0.717, 1.165) is 36.6 Å². The molecular weight excluding hydrogens is 298 g/mol. The van der Waals surface area contributed by atoms with Gasteiger partial charge >= 0.3 is 0 Å². The van der Waals surface area contributed by atoms with Crippen molar-refractivity contribution in [2.24, 2.45) is 0 Å². The molecule has 1 aromatic heterocycles. The highest BCUT2D eigenvalue weighted by Crippen LogP contribution is 2.34. The van der Waals surface area contributed by atoms with Crippen molar-refractivity contribution in [3.05, 3.63) is 89.9 Å². The average Bonchev–Trinajstić information content (AvgIpc) is 3.17. The zero-order valence-corrected chi connectivity index (χ0v) is 13.9. The lowest BCUT2D eigenvalue weighted by molar-refractivity contribution is 0.398. The summed E-state index contributed by atoms with van der Waals surface area (Å²) in [5.41, 5.74) is 2.46. The van der Waals surface area contributed by atoms with Crippen LogP contribution in [0.5, 0.6) is 5.75 Å². The van der Waals surface area contributed by atoms with Crippen LogP contribution in [0, 0.1) is 0 Å². The Morgan fingerprint density at radius 3 is 2.50 bits per heavy atom. The molecule has 1 heterocycles. The third-order valence-corrected chi connectivity index (χ3v) is 4.18. The Balaban J connectivity index is 1.67. The van der Waals surface area contributed by atoms with Crippen LogP contribution in [0.15, 0.2) is 77.4 Å². The van der Waals surface area contributed by atoms with Crippen LogP contribution in [-0.4, -0.2) is 13.7 Å². The third kappa shape index (κ3) is 4.06. The van der Waals surface area contributed by atoms with Crippen molar-refractivity contribution < 1.29 is 9.15 Å². The Hall–Kier alpha value is -2.52. The molecule has 0 radical (unpaired) electrons. The lowest BCUT2D eigenvalue weighted by Crippen LogP contribution is -2.18. The first-order chi connectivity index (χ1) is 11.9. The van der Waals surface area contributed by atoms with Crippen molar-refractivity contribution in [3.8, 4) is 5.75 Å². The minimum atomic E-state index is 0.180. The first kappa shape index (κ1) is 16.3. The molecular formula is C21H23NO2. The first-order valence-corrected chi connectivity index (χ1v) is 8.29. The van der Waals surface area contributed by atoms with Gasteiger partial charge in [0, 0.05) is 18.0 Å². The van der Waals surface area contributed by atoms with Crippen LogP contribution in [0.4, 0.5) is 0 Å². The maximum absolute atomic E-state index is 5.68. The summed E-state index contributed by atoms with van der Waals surface area (Å²) in [4.78, 5) is 0. The van der Waals surface area contributed by atoms with Crippen LogP contribution in [0.25, 0.3) is 0 Å². The smallest absolute Gasteiger partial charge is 0.122 e. The summed E-state index contributed by atoms with van der Waals surface area (Å²) in [5.74, 6) is 2.06. The molecule has 0 saturated heterocycles. The van der Waals surface area contributed by atoms with Gasteiger partial charge in [-0.15, -0.1) is 0 Å². The van der Waals surface area contributed by atoms with Gasteiger partial charge in [-0.25, -0.2) is 0 Å². The number of furan rings is 1. The van der Waals surface area contributed by atoms with Gasteiger partial charge in [0.15, 0.2) is 0 Å². The summed E-state index contributed by atoms with van der Waals surface area (Å²) in [5, 5.41) is 3.52. The van der Waals surface area contributed by atoms with Gasteiger partial charge in [0.25, 0.3) is 0 Å². The maximum atomic E-state index is 5.68. The molecule has 0 aliphatic heterocycles. The molecule has 0 saturated carbocycles. The normalized spacial score (nSPS) is 12.0. The second-order valence-corrected chi connectivity index (χ2v) is 5.76. The fraction of sp³-hybridized carbons (Fsp3) is 0.238. The van der Waals surface area contributed by atoms with E-state index in [1.807, 2.05) is 36.4 Å². The standard InChI is InChI=1S/C21H23NO2/c1-23-20-11-6-5-10-18(20)19(21-12-7-15-24-21)13-14-22-16-17-8-3-2-4-9-17/h2-12,15,19,22H,13-14,16H2,1H3/t19-/m1/s1. The van der Waals surface area contributed by atoms with Crippen molar-refractivity contribution in [2.45, 2.75) is 18.9 Å². The molecule has 124 valence electrons. The van der Waals surface area contributed by atoms with E-state index in [0.29, 0.717) is 0 Å². The summed E-state index contributed by atoms with van der Waals surface area (Å²) in [7, 11) is 1.71. The van der Waals surface area contributed by atoms with E-state index in [1.165, 1.54) is 5.56 Å². The minimum Gasteiger partial charge on any atom is -0.496 e. The Labute approximate surface area is 143 Å². The lowest BCUT2D eigenvalue weighted by Gasteiger charge is -2.18. The van der Waals surface area contributed by atoms with Gasteiger partial charge in [-0.2, -0.15) is 0 Å². The van der Waals surface area contributed by atoms with Crippen LogP contribution in [0.1, 0.15) is 29.2 Å². The van der Waals surface area contributed by atoms with Gasteiger partial charge in [0.05, 0.1) is 13.4 Å². The second kappa shape index (κ2) is 8.37. The van der Waals surface area contributed by atoms with E-state index in [4.69, 9.17) is 9.15 Å². The molecule has 0 bridgehead atoms. The summed E-state index contributed by atoms with van der Waals surface area (Å²) >= 11 is 0. The SMILES string of the molecule is COc1ccccc1[C@@H](CCNCc1ccccc1)c1ccco1. The minimum absolute atomic E-state index is 0.180. The quantitative estimate of drug-likeness (QED) is 0.616. The highest BCUT2D eigenvalue weighted by molar-refractivity contribution is 5.39. The van der Waals surface area contributed by atoms with Crippen LogP contribution in [0.2, 0.25) is 0 Å². The van der Waals surface area contributed by atoms with Crippen LogP contribution in [0.3, 0.4) is 0 Å². The molecule has 0 amide bonds. The highest BCUT2D eigenvalue weighted by Gasteiger charge is 2.20. The fourth-order valence-electron chi connectivity index (χ4n) is 2.97. The molecule has 0 fully saturated rings. The number of hydrogen-bond donors (Lipinski definition) is 1. The number of rotatable bonds is 8. The van der Waals surface area contributed by atoms with Gasteiger partial charge < -0.3 is 14.5 Å². The number of methoxy groups -OCH3 is 1. The molecule has 3 nitrogen and oxygen atoms in total. The van der Waals surface area contributed by atoms with Crippen molar-refractivity contribution in [1.82, 2.24) is 5.32 Å². The van der Waals surface area contributed by atoms with Crippen LogP contribution in [-0.2, 0) is 6.54 Å². The predicted molar refractivity (Wildman–Crippen MR) is 96.3 cm³/mol. The van der Waals surface area contributed by atoms with Crippen molar-refractivity contribution in [1.29, 1.82) is 0 Å². The Kier molecular flexibility index (Phi) is 5.70. The second-order valence-electron chi connectivity index (χ2n) is 5.76. The van der Waals surface area contributed by atoms with E-state index in [1.54, 1.807) is 13.4 Å². The molecule has 24 heavy (non-hydrogen) atoms. The first-order valence-electron chi connectivity index (χ1n) is 8.29. The zero-order chi connectivity index (χ0) is 16.6.